The number of hydrogen-bond donors (Lipinski definition) is 2. The second kappa shape index (κ2) is 10.3. The fourth-order valence-corrected chi connectivity index (χ4v) is 2.35. The molecule has 1 fully saturated rings. The molecule has 22 heavy (non-hydrogen) atoms. The Hall–Kier alpha value is -1.44. The Balaban J connectivity index is 2.26. The van der Waals surface area contributed by atoms with E-state index in [0.717, 1.165) is 26.2 Å². The maximum Gasteiger partial charge on any atom is 0.237 e. The van der Waals surface area contributed by atoms with Crippen LogP contribution in [0.15, 0.2) is 12.7 Å². The van der Waals surface area contributed by atoms with E-state index in [0.29, 0.717) is 26.2 Å². The Bertz CT molecular complexity index is 368. The summed E-state index contributed by atoms with van der Waals surface area (Å²) in [6.07, 6.45) is 1.67. The van der Waals surface area contributed by atoms with Crippen molar-refractivity contribution in [2.75, 3.05) is 59.5 Å². The van der Waals surface area contributed by atoms with Crippen LogP contribution in [-0.4, -0.2) is 87.2 Å². The molecule has 1 aliphatic rings. The van der Waals surface area contributed by atoms with Gasteiger partial charge in [-0.3, -0.25) is 19.4 Å². The quantitative estimate of drug-likeness (QED) is 0.424. The van der Waals surface area contributed by atoms with E-state index in [1.54, 1.807) is 13.2 Å². The first kappa shape index (κ1) is 18.6. The third-order valence-electron chi connectivity index (χ3n) is 3.75. The molecule has 1 unspecified atom stereocenters. The highest BCUT2D eigenvalue weighted by Gasteiger charge is 2.25. The van der Waals surface area contributed by atoms with E-state index in [1.165, 1.54) is 0 Å². The number of nitrogens with one attached hydrogen (secondary N) is 2. The second-order valence-corrected chi connectivity index (χ2v) is 5.36. The Morgan fingerprint density at radius 2 is 1.95 bits per heavy atom. The predicted molar refractivity (Wildman–Crippen MR) is 85.6 cm³/mol. The molecule has 0 saturated carbocycles. The van der Waals surface area contributed by atoms with Crippen LogP contribution in [-0.2, 0) is 14.3 Å². The smallest absolute Gasteiger partial charge is 0.237 e. The minimum Gasteiger partial charge on any atom is -0.383 e. The SMILES string of the molecule is C=CCNC(=O)C(C)N1CCN(CC(=O)NCCOC)CC1. The molecule has 1 atom stereocenters. The summed E-state index contributed by atoms with van der Waals surface area (Å²) < 4.78 is 4.89. The molecule has 2 amide bonds. The number of carbonyl (C=O) groups is 2. The lowest BCUT2D eigenvalue weighted by Gasteiger charge is -2.37. The summed E-state index contributed by atoms with van der Waals surface area (Å²) in [4.78, 5) is 27.9. The Kier molecular flexibility index (Phi) is 8.72. The van der Waals surface area contributed by atoms with Gasteiger partial charge >= 0.3 is 0 Å². The summed E-state index contributed by atoms with van der Waals surface area (Å²) in [5, 5.41) is 5.63. The number of hydrogen-bond acceptors (Lipinski definition) is 5. The summed E-state index contributed by atoms with van der Waals surface area (Å²) in [5.74, 6) is 0.0351. The first-order valence-corrected chi connectivity index (χ1v) is 7.69. The summed E-state index contributed by atoms with van der Waals surface area (Å²) in [6.45, 7) is 10.6. The average molecular weight is 312 g/mol. The van der Waals surface area contributed by atoms with Crippen molar-refractivity contribution in [3.8, 4) is 0 Å². The molecule has 0 spiro atoms. The number of amides is 2. The first-order chi connectivity index (χ1) is 10.6. The number of carbonyl (C=O) groups excluding carboxylic acids is 2. The fourth-order valence-electron chi connectivity index (χ4n) is 2.35. The van der Waals surface area contributed by atoms with E-state index in [9.17, 15) is 9.59 Å². The molecule has 0 aromatic heterocycles. The van der Waals surface area contributed by atoms with Crippen LogP contribution in [0.25, 0.3) is 0 Å². The van der Waals surface area contributed by atoms with Crippen LogP contribution in [0, 0.1) is 0 Å². The summed E-state index contributed by atoms with van der Waals surface area (Å²) in [6, 6.07) is -0.155. The molecule has 1 saturated heterocycles. The van der Waals surface area contributed by atoms with E-state index < -0.39 is 0 Å². The third-order valence-corrected chi connectivity index (χ3v) is 3.75. The average Bonchev–Trinajstić information content (AvgIpc) is 2.53. The van der Waals surface area contributed by atoms with E-state index in [4.69, 9.17) is 4.74 Å². The van der Waals surface area contributed by atoms with Crippen molar-refractivity contribution in [2.24, 2.45) is 0 Å². The molecule has 1 heterocycles. The maximum atomic E-state index is 11.9. The number of methoxy groups -OCH3 is 1. The highest BCUT2D eigenvalue weighted by atomic mass is 16.5. The van der Waals surface area contributed by atoms with Gasteiger partial charge in [0.25, 0.3) is 0 Å². The van der Waals surface area contributed by atoms with Gasteiger partial charge in [-0.1, -0.05) is 6.08 Å². The number of nitrogens with zero attached hydrogens (tertiary/aromatic N) is 2. The largest absolute Gasteiger partial charge is 0.383 e. The van der Waals surface area contributed by atoms with E-state index in [-0.39, 0.29) is 17.9 Å². The molecule has 0 radical (unpaired) electrons. The van der Waals surface area contributed by atoms with Crippen molar-refractivity contribution in [3.05, 3.63) is 12.7 Å². The molecular formula is C15H28N4O3. The first-order valence-electron chi connectivity index (χ1n) is 7.69. The van der Waals surface area contributed by atoms with Crippen LogP contribution in [0.2, 0.25) is 0 Å². The Morgan fingerprint density at radius 1 is 1.27 bits per heavy atom. The number of piperazine rings is 1. The van der Waals surface area contributed by atoms with Gasteiger partial charge in [0.05, 0.1) is 19.2 Å². The van der Waals surface area contributed by atoms with Gasteiger partial charge in [0, 0.05) is 46.4 Å². The molecule has 0 aromatic carbocycles. The monoisotopic (exact) mass is 312 g/mol. The predicted octanol–water partition coefficient (Wildman–Crippen LogP) is -0.943. The van der Waals surface area contributed by atoms with Gasteiger partial charge in [0.1, 0.15) is 0 Å². The molecule has 7 heteroatoms. The molecule has 7 nitrogen and oxygen atoms in total. The maximum absolute atomic E-state index is 11.9. The van der Waals surface area contributed by atoms with Crippen LogP contribution in [0.3, 0.4) is 0 Å². The highest BCUT2D eigenvalue weighted by Crippen LogP contribution is 2.06. The van der Waals surface area contributed by atoms with Crippen LogP contribution in [0.5, 0.6) is 0 Å². The zero-order valence-electron chi connectivity index (χ0n) is 13.6. The van der Waals surface area contributed by atoms with Crippen molar-refractivity contribution in [1.82, 2.24) is 20.4 Å². The van der Waals surface area contributed by atoms with Gasteiger partial charge in [-0.25, -0.2) is 0 Å². The van der Waals surface area contributed by atoms with Crippen molar-refractivity contribution in [2.45, 2.75) is 13.0 Å². The zero-order valence-corrected chi connectivity index (χ0v) is 13.6. The Morgan fingerprint density at radius 3 is 2.55 bits per heavy atom. The van der Waals surface area contributed by atoms with Gasteiger partial charge in [0.15, 0.2) is 0 Å². The van der Waals surface area contributed by atoms with Crippen LogP contribution < -0.4 is 10.6 Å². The molecule has 0 bridgehead atoms. The molecule has 1 aliphatic heterocycles. The van der Waals surface area contributed by atoms with Crippen molar-refractivity contribution >= 4 is 11.8 Å². The molecule has 126 valence electrons. The molecular weight excluding hydrogens is 284 g/mol. The summed E-state index contributed by atoms with van der Waals surface area (Å²) in [5.41, 5.74) is 0. The van der Waals surface area contributed by atoms with Gasteiger partial charge in [-0.15, -0.1) is 6.58 Å². The summed E-state index contributed by atoms with van der Waals surface area (Å²) in [7, 11) is 1.61. The Labute approximate surface area is 132 Å². The lowest BCUT2D eigenvalue weighted by atomic mass is 10.2. The molecule has 1 rings (SSSR count). The minimum absolute atomic E-state index is 0.0160. The molecule has 2 N–H and O–H groups in total. The van der Waals surface area contributed by atoms with Gasteiger partial charge in [-0.05, 0) is 6.92 Å². The summed E-state index contributed by atoms with van der Waals surface area (Å²) >= 11 is 0. The van der Waals surface area contributed by atoms with E-state index in [1.807, 2.05) is 6.92 Å². The molecule has 0 aromatic rings. The van der Waals surface area contributed by atoms with Crippen molar-refractivity contribution < 1.29 is 14.3 Å². The highest BCUT2D eigenvalue weighted by molar-refractivity contribution is 5.81. The fraction of sp³-hybridized carbons (Fsp3) is 0.733. The minimum atomic E-state index is -0.155. The zero-order chi connectivity index (χ0) is 16.4. The van der Waals surface area contributed by atoms with E-state index in [2.05, 4.69) is 27.0 Å². The topological polar surface area (TPSA) is 73.9 Å². The third kappa shape index (κ3) is 6.55. The molecule has 0 aliphatic carbocycles. The van der Waals surface area contributed by atoms with Crippen molar-refractivity contribution in [1.29, 1.82) is 0 Å². The lowest BCUT2D eigenvalue weighted by Crippen LogP contribution is -2.55. The number of ether oxygens (including phenoxy) is 1. The van der Waals surface area contributed by atoms with Crippen molar-refractivity contribution in [3.63, 3.8) is 0 Å². The van der Waals surface area contributed by atoms with Gasteiger partial charge < -0.3 is 15.4 Å². The van der Waals surface area contributed by atoms with Gasteiger partial charge in [0.2, 0.25) is 11.8 Å². The standard InChI is InChI=1S/C15H28N4O3/c1-4-5-17-15(21)13(2)19-9-7-18(8-10-19)12-14(20)16-6-11-22-3/h4,13H,1,5-12H2,2-3H3,(H,16,20)(H,17,21). The van der Waals surface area contributed by atoms with Gasteiger partial charge in [-0.2, -0.15) is 0 Å². The second-order valence-electron chi connectivity index (χ2n) is 5.36. The van der Waals surface area contributed by atoms with Crippen LogP contribution >= 0.6 is 0 Å². The van der Waals surface area contributed by atoms with Crippen LogP contribution in [0.4, 0.5) is 0 Å². The normalized spacial score (nSPS) is 17.7. The van der Waals surface area contributed by atoms with Crippen LogP contribution in [0.1, 0.15) is 6.92 Å². The number of rotatable bonds is 9. The van der Waals surface area contributed by atoms with E-state index >= 15 is 0 Å². The lowest BCUT2D eigenvalue weighted by molar-refractivity contribution is -0.127.